The van der Waals surface area contributed by atoms with Crippen LogP contribution in [0.5, 0.6) is 5.75 Å². The highest BCUT2D eigenvalue weighted by Crippen LogP contribution is 2.32. The standard InChI is InChI=1S/C23H20N2O/c1-17-22(18-13-15-21(26-2)16-14-18)24-23(19-9-5-3-6-10-19)25(17)20-11-7-4-8-12-20/h3-16H,1-2H3. The molecule has 26 heavy (non-hydrogen) atoms. The fourth-order valence-electron chi connectivity index (χ4n) is 3.20. The summed E-state index contributed by atoms with van der Waals surface area (Å²) in [7, 11) is 1.68. The first kappa shape index (κ1) is 16.2. The van der Waals surface area contributed by atoms with E-state index in [0.717, 1.165) is 39.8 Å². The molecule has 0 N–H and O–H groups in total. The summed E-state index contributed by atoms with van der Waals surface area (Å²) in [6, 6.07) is 28.7. The van der Waals surface area contributed by atoms with E-state index in [-0.39, 0.29) is 0 Å². The highest BCUT2D eigenvalue weighted by Gasteiger charge is 2.17. The summed E-state index contributed by atoms with van der Waals surface area (Å²) in [6.07, 6.45) is 0. The zero-order valence-corrected chi connectivity index (χ0v) is 14.9. The van der Waals surface area contributed by atoms with Gasteiger partial charge in [-0.3, -0.25) is 4.57 Å². The molecule has 0 saturated heterocycles. The van der Waals surface area contributed by atoms with Crippen LogP contribution in [0.3, 0.4) is 0 Å². The van der Waals surface area contributed by atoms with E-state index >= 15 is 0 Å². The normalized spacial score (nSPS) is 10.7. The van der Waals surface area contributed by atoms with Crippen LogP contribution in [0.25, 0.3) is 28.3 Å². The molecule has 0 aliphatic rings. The third-order valence-corrected chi connectivity index (χ3v) is 4.52. The average Bonchev–Trinajstić information content (AvgIpc) is 3.06. The van der Waals surface area contributed by atoms with E-state index in [0.29, 0.717) is 0 Å². The molecule has 0 aliphatic carbocycles. The Hall–Kier alpha value is -3.33. The van der Waals surface area contributed by atoms with Crippen molar-refractivity contribution >= 4 is 0 Å². The van der Waals surface area contributed by atoms with Gasteiger partial charge in [-0.05, 0) is 43.3 Å². The number of aromatic nitrogens is 2. The Morgan fingerprint density at radius 3 is 1.96 bits per heavy atom. The van der Waals surface area contributed by atoms with E-state index < -0.39 is 0 Å². The van der Waals surface area contributed by atoms with Crippen molar-refractivity contribution in [1.29, 1.82) is 0 Å². The molecule has 4 rings (SSSR count). The van der Waals surface area contributed by atoms with E-state index in [1.807, 2.05) is 36.4 Å². The van der Waals surface area contributed by atoms with E-state index in [1.54, 1.807) is 7.11 Å². The van der Waals surface area contributed by atoms with Crippen molar-refractivity contribution in [2.24, 2.45) is 0 Å². The fourth-order valence-corrected chi connectivity index (χ4v) is 3.20. The van der Waals surface area contributed by atoms with Gasteiger partial charge in [0.25, 0.3) is 0 Å². The van der Waals surface area contributed by atoms with E-state index in [1.165, 1.54) is 0 Å². The van der Waals surface area contributed by atoms with Gasteiger partial charge < -0.3 is 4.74 Å². The monoisotopic (exact) mass is 340 g/mol. The molecular weight excluding hydrogens is 320 g/mol. The van der Waals surface area contributed by atoms with E-state index in [9.17, 15) is 0 Å². The van der Waals surface area contributed by atoms with Gasteiger partial charge >= 0.3 is 0 Å². The molecule has 0 unspecified atom stereocenters. The largest absolute Gasteiger partial charge is 0.497 e. The number of nitrogens with zero attached hydrogens (tertiary/aromatic N) is 2. The number of para-hydroxylation sites is 1. The molecule has 0 saturated carbocycles. The first-order valence-electron chi connectivity index (χ1n) is 8.62. The zero-order chi connectivity index (χ0) is 17.9. The predicted octanol–water partition coefficient (Wildman–Crippen LogP) is 5.52. The maximum Gasteiger partial charge on any atom is 0.145 e. The Balaban J connectivity index is 1.93. The lowest BCUT2D eigenvalue weighted by Crippen LogP contribution is -1.99. The second-order valence-corrected chi connectivity index (χ2v) is 6.13. The second kappa shape index (κ2) is 6.89. The van der Waals surface area contributed by atoms with Crippen molar-refractivity contribution in [3.63, 3.8) is 0 Å². The van der Waals surface area contributed by atoms with Crippen molar-refractivity contribution in [1.82, 2.24) is 9.55 Å². The van der Waals surface area contributed by atoms with Crippen LogP contribution in [0.2, 0.25) is 0 Å². The third-order valence-electron chi connectivity index (χ3n) is 4.52. The van der Waals surface area contributed by atoms with Gasteiger partial charge in [-0.2, -0.15) is 0 Å². The topological polar surface area (TPSA) is 27.1 Å². The van der Waals surface area contributed by atoms with Crippen LogP contribution in [0.1, 0.15) is 5.69 Å². The number of rotatable bonds is 4. The molecule has 0 bridgehead atoms. The van der Waals surface area contributed by atoms with Crippen molar-refractivity contribution in [3.05, 3.63) is 90.6 Å². The molecule has 0 spiro atoms. The Labute approximate surface area is 153 Å². The third kappa shape index (κ3) is 2.88. The fraction of sp³-hybridized carbons (Fsp3) is 0.0870. The number of hydrogen-bond donors (Lipinski definition) is 0. The van der Waals surface area contributed by atoms with Gasteiger partial charge in [-0.15, -0.1) is 0 Å². The lowest BCUT2D eigenvalue weighted by molar-refractivity contribution is 0.415. The summed E-state index contributed by atoms with van der Waals surface area (Å²) in [6.45, 7) is 2.12. The molecule has 128 valence electrons. The summed E-state index contributed by atoms with van der Waals surface area (Å²) in [5.41, 5.74) is 5.38. The molecule has 0 amide bonds. The number of ether oxygens (including phenoxy) is 1. The molecule has 1 heterocycles. The summed E-state index contributed by atoms with van der Waals surface area (Å²) >= 11 is 0. The maximum absolute atomic E-state index is 5.28. The van der Waals surface area contributed by atoms with Gasteiger partial charge in [0.2, 0.25) is 0 Å². The Bertz CT molecular complexity index is 1000. The lowest BCUT2D eigenvalue weighted by atomic mass is 10.1. The molecule has 3 nitrogen and oxygen atoms in total. The predicted molar refractivity (Wildman–Crippen MR) is 106 cm³/mol. The average molecular weight is 340 g/mol. The summed E-state index contributed by atoms with van der Waals surface area (Å²) in [5.74, 6) is 1.79. The molecule has 0 fully saturated rings. The van der Waals surface area contributed by atoms with Gasteiger partial charge in [0.05, 0.1) is 12.8 Å². The van der Waals surface area contributed by atoms with Gasteiger partial charge in [-0.25, -0.2) is 4.98 Å². The van der Waals surface area contributed by atoms with Crippen molar-refractivity contribution in [2.75, 3.05) is 7.11 Å². The van der Waals surface area contributed by atoms with Crippen molar-refractivity contribution in [2.45, 2.75) is 6.92 Å². The van der Waals surface area contributed by atoms with Gasteiger partial charge in [0.15, 0.2) is 0 Å². The summed E-state index contributed by atoms with van der Waals surface area (Å²) in [5, 5.41) is 0. The molecular formula is C23H20N2O. The number of hydrogen-bond acceptors (Lipinski definition) is 2. The minimum Gasteiger partial charge on any atom is -0.497 e. The molecule has 3 aromatic carbocycles. The molecule has 0 radical (unpaired) electrons. The second-order valence-electron chi connectivity index (χ2n) is 6.13. The van der Waals surface area contributed by atoms with E-state index in [2.05, 4.69) is 60.0 Å². The Kier molecular flexibility index (Phi) is 4.28. The highest BCUT2D eigenvalue weighted by atomic mass is 16.5. The molecule has 0 aliphatic heterocycles. The van der Waals surface area contributed by atoms with Crippen LogP contribution >= 0.6 is 0 Å². The Morgan fingerprint density at radius 1 is 0.731 bits per heavy atom. The van der Waals surface area contributed by atoms with Crippen LogP contribution in [0.4, 0.5) is 0 Å². The van der Waals surface area contributed by atoms with Crippen molar-refractivity contribution < 1.29 is 4.74 Å². The minimum absolute atomic E-state index is 0.845. The lowest BCUT2D eigenvalue weighted by Gasteiger charge is -2.10. The molecule has 4 aromatic rings. The number of methoxy groups -OCH3 is 1. The maximum atomic E-state index is 5.28. The molecule has 0 atom stereocenters. The Morgan fingerprint density at radius 2 is 1.35 bits per heavy atom. The molecule has 3 heteroatoms. The first-order valence-corrected chi connectivity index (χ1v) is 8.62. The number of imidazole rings is 1. The quantitative estimate of drug-likeness (QED) is 0.489. The van der Waals surface area contributed by atoms with Gasteiger partial charge in [0.1, 0.15) is 11.6 Å². The van der Waals surface area contributed by atoms with E-state index in [4.69, 9.17) is 9.72 Å². The molecule has 1 aromatic heterocycles. The van der Waals surface area contributed by atoms with Gasteiger partial charge in [-0.1, -0.05) is 48.5 Å². The minimum atomic E-state index is 0.845. The van der Waals surface area contributed by atoms with Crippen molar-refractivity contribution in [3.8, 4) is 34.1 Å². The summed E-state index contributed by atoms with van der Waals surface area (Å²) < 4.78 is 7.49. The highest BCUT2D eigenvalue weighted by molar-refractivity contribution is 5.70. The zero-order valence-electron chi connectivity index (χ0n) is 14.9. The van der Waals surface area contributed by atoms with Crippen LogP contribution < -0.4 is 4.74 Å². The van der Waals surface area contributed by atoms with Crippen LogP contribution in [0.15, 0.2) is 84.9 Å². The van der Waals surface area contributed by atoms with Crippen LogP contribution in [0, 0.1) is 6.92 Å². The SMILES string of the molecule is COc1ccc(-c2nc(-c3ccccc3)n(-c3ccccc3)c2C)cc1. The summed E-state index contributed by atoms with van der Waals surface area (Å²) in [4.78, 5) is 5.00. The van der Waals surface area contributed by atoms with Gasteiger partial charge in [0, 0.05) is 22.5 Å². The van der Waals surface area contributed by atoms with Crippen LogP contribution in [-0.4, -0.2) is 16.7 Å². The first-order chi connectivity index (χ1) is 12.8. The smallest absolute Gasteiger partial charge is 0.145 e. The number of benzene rings is 3. The van der Waals surface area contributed by atoms with Crippen LogP contribution in [-0.2, 0) is 0 Å².